The van der Waals surface area contributed by atoms with E-state index in [0.717, 1.165) is 6.42 Å². The molecule has 0 saturated heterocycles. The van der Waals surface area contributed by atoms with Gasteiger partial charge in [0.1, 0.15) is 0 Å². The van der Waals surface area contributed by atoms with Crippen LogP contribution < -0.4 is 0 Å². The first-order valence-electron chi connectivity index (χ1n) is 7.01. The quantitative estimate of drug-likeness (QED) is 0.578. The predicted octanol–water partition coefficient (Wildman–Crippen LogP) is 1.94. The lowest BCUT2D eigenvalue weighted by Crippen LogP contribution is -2.30. The normalized spacial score (nSPS) is 10.9. The van der Waals surface area contributed by atoms with E-state index in [4.69, 9.17) is 9.63 Å². The Labute approximate surface area is 131 Å². The Bertz CT molecular complexity index is 683. The van der Waals surface area contributed by atoms with Gasteiger partial charge in [-0.3, -0.25) is 19.8 Å². The van der Waals surface area contributed by atoms with E-state index in [1.807, 2.05) is 6.92 Å². The summed E-state index contributed by atoms with van der Waals surface area (Å²) in [5.41, 5.74) is 0.568. The fraction of sp³-hybridized carbons (Fsp3) is 0.357. The van der Waals surface area contributed by atoms with Crippen molar-refractivity contribution >= 4 is 11.7 Å². The van der Waals surface area contributed by atoms with Crippen molar-refractivity contribution in [3.63, 3.8) is 0 Å². The van der Waals surface area contributed by atoms with Gasteiger partial charge in [-0.2, -0.15) is 4.98 Å². The molecule has 2 aromatic rings. The molecule has 2 rings (SSSR count). The van der Waals surface area contributed by atoms with E-state index in [-0.39, 0.29) is 18.8 Å². The molecule has 122 valence electrons. The molecular weight excluding hydrogens is 304 g/mol. The maximum atomic E-state index is 10.8. The van der Waals surface area contributed by atoms with Crippen molar-refractivity contribution in [1.29, 1.82) is 0 Å². The van der Waals surface area contributed by atoms with Crippen molar-refractivity contribution in [2.75, 3.05) is 13.1 Å². The third-order valence-electron chi connectivity index (χ3n) is 3.06. The van der Waals surface area contributed by atoms with Crippen molar-refractivity contribution in [2.24, 2.45) is 0 Å². The number of carboxylic acids is 1. The molecule has 0 atom stereocenters. The van der Waals surface area contributed by atoms with Crippen LogP contribution in [0.25, 0.3) is 11.4 Å². The van der Waals surface area contributed by atoms with E-state index in [9.17, 15) is 14.9 Å². The standard InChI is InChI=1S/C14H16N4O5/c1-2-7-17(9-13(19)20)8-12-15-14(16-23-12)10-3-5-11(6-4-10)18(21)22/h3-6H,2,7-9H2,1H3,(H,19,20). The molecular formula is C14H16N4O5. The Morgan fingerprint density at radius 2 is 2.09 bits per heavy atom. The minimum atomic E-state index is -0.923. The van der Waals surface area contributed by atoms with E-state index in [1.165, 1.54) is 24.3 Å². The zero-order chi connectivity index (χ0) is 16.8. The van der Waals surface area contributed by atoms with Gasteiger partial charge in [0.25, 0.3) is 5.69 Å². The maximum absolute atomic E-state index is 10.8. The number of carboxylic acid groups (broad SMARTS) is 1. The first-order chi connectivity index (χ1) is 11.0. The molecule has 0 aliphatic carbocycles. The van der Waals surface area contributed by atoms with E-state index >= 15 is 0 Å². The second-order valence-corrected chi connectivity index (χ2v) is 4.92. The number of hydrogen-bond donors (Lipinski definition) is 1. The van der Waals surface area contributed by atoms with Crippen LogP contribution in [-0.2, 0) is 11.3 Å². The first kappa shape index (κ1) is 16.6. The molecule has 0 aliphatic heterocycles. The molecule has 1 N–H and O–H groups in total. The van der Waals surface area contributed by atoms with E-state index < -0.39 is 10.9 Å². The lowest BCUT2D eigenvalue weighted by molar-refractivity contribution is -0.384. The Kier molecular flexibility index (Phi) is 5.36. The maximum Gasteiger partial charge on any atom is 0.317 e. The average molecular weight is 320 g/mol. The minimum absolute atomic E-state index is 0.0203. The highest BCUT2D eigenvalue weighted by Crippen LogP contribution is 2.20. The molecule has 23 heavy (non-hydrogen) atoms. The Morgan fingerprint density at radius 3 is 2.65 bits per heavy atom. The number of benzene rings is 1. The summed E-state index contributed by atoms with van der Waals surface area (Å²) < 4.78 is 5.13. The number of non-ortho nitro benzene ring substituents is 1. The highest BCUT2D eigenvalue weighted by atomic mass is 16.6. The van der Waals surface area contributed by atoms with Crippen molar-refractivity contribution < 1.29 is 19.3 Å². The monoisotopic (exact) mass is 320 g/mol. The minimum Gasteiger partial charge on any atom is -0.480 e. The van der Waals surface area contributed by atoms with Crippen LogP contribution in [0.2, 0.25) is 0 Å². The van der Waals surface area contributed by atoms with Crippen LogP contribution in [0.15, 0.2) is 28.8 Å². The third-order valence-corrected chi connectivity index (χ3v) is 3.06. The zero-order valence-corrected chi connectivity index (χ0v) is 12.5. The fourth-order valence-electron chi connectivity index (χ4n) is 2.08. The summed E-state index contributed by atoms with van der Waals surface area (Å²) >= 11 is 0. The van der Waals surface area contributed by atoms with Gasteiger partial charge in [0, 0.05) is 17.7 Å². The van der Waals surface area contributed by atoms with Gasteiger partial charge in [-0.25, -0.2) is 0 Å². The number of aromatic nitrogens is 2. The molecule has 9 heteroatoms. The second kappa shape index (κ2) is 7.45. The van der Waals surface area contributed by atoms with Gasteiger partial charge >= 0.3 is 5.97 Å². The number of nitro groups is 1. The number of rotatable bonds is 8. The smallest absolute Gasteiger partial charge is 0.317 e. The topological polar surface area (TPSA) is 123 Å². The molecule has 0 spiro atoms. The summed E-state index contributed by atoms with van der Waals surface area (Å²) in [7, 11) is 0. The summed E-state index contributed by atoms with van der Waals surface area (Å²) in [6.07, 6.45) is 0.802. The molecule has 0 aliphatic rings. The molecule has 0 bridgehead atoms. The Hall–Kier alpha value is -2.81. The third kappa shape index (κ3) is 4.58. The van der Waals surface area contributed by atoms with Crippen LogP contribution in [0, 0.1) is 10.1 Å². The SMILES string of the molecule is CCCN(CC(=O)O)Cc1nc(-c2ccc([N+](=O)[O-])cc2)no1. The van der Waals surface area contributed by atoms with Gasteiger partial charge in [-0.1, -0.05) is 12.1 Å². The summed E-state index contributed by atoms with van der Waals surface area (Å²) in [5.74, 6) is -0.316. The molecule has 1 heterocycles. The molecule has 1 aromatic heterocycles. The van der Waals surface area contributed by atoms with Gasteiger partial charge in [0.15, 0.2) is 0 Å². The summed E-state index contributed by atoms with van der Waals surface area (Å²) in [6, 6.07) is 5.79. The number of nitro benzene ring substituents is 1. The van der Waals surface area contributed by atoms with Crippen LogP contribution in [0.3, 0.4) is 0 Å². The van der Waals surface area contributed by atoms with Crippen LogP contribution in [0.1, 0.15) is 19.2 Å². The Balaban J connectivity index is 2.09. The summed E-state index contributed by atoms with van der Waals surface area (Å²) in [6.45, 7) is 2.68. The number of carbonyl (C=O) groups is 1. The lowest BCUT2D eigenvalue weighted by Gasteiger charge is -2.16. The highest BCUT2D eigenvalue weighted by Gasteiger charge is 2.15. The molecule has 9 nitrogen and oxygen atoms in total. The summed E-state index contributed by atoms with van der Waals surface area (Å²) in [5, 5.41) is 23.3. The second-order valence-electron chi connectivity index (χ2n) is 4.92. The highest BCUT2D eigenvalue weighted by molar-refractivity contribution is 5.69. The number of aliphatic carboxylic acids is 1. The zero-order valence-electron chi connectivity index (χ0n) is 12.5. The van der Waals surface area contributed by atoms with Crippen LogP contribution in [0.5, 0.6) is 0 Å². The van der Waals surface area contributed by atoms with Crippen LogP contribution in [0.4, 0.5) is 5.69 Å². The first-order valence-corrected chi connectivity index (χ1v) is 7.01. The average Bonchev–Trinajstić information content (AvgIpc) is 2.95. The van der Waals surface area contributed by atoms with Gasteiger partial charge in [-0.05, 0) is 25.1 Å². The number of nitrogens with zero attached hydrogens (tertiary/aromatic N) is 4. The van der Waals surface area contributed by atoms with Gasteiger partial charge < -0.3 is 9.63 Å². The van der Waals surface area contributed by atoms with Crippen molar-refractivity contribution in [2.45, 2.75) is 19.9 Å². The van der Waals surface area contributed by atoms with Crippen LogP contribution in [-0.4, -0.2) is 44.1 Å². The Morgan fingerprint density at radius 1 is 1.39 bits per heavy atom. The molecule has 0 unspecified atom stereocenters. The molecule has 0 fully saturated rings. The van der Waals surface area contributed by atoms with Crippen molar-refractivity contribution in [1.82, 2.24) is 15.0 Å². The number of hydrogen-bond acceptors (Lipinski definition) is 7. The van der Waals surface area contributed by atoms with Gasteiger partial charge in [-0.15, -0.1) is 0 Å². The van der Waals surface area contributed by atoms with Crippen LogP contribution >= 0.6 is 0 Å². The molecule has 0 saturated carbocycles. The van der Waals surface area contributed by atoms with Crippen molar-refractivity contribution in [3.05, 3.63) is 40.3 Å². The lowest BCUT2D eigenvalue weighted by atomic mass is 10.2. The van der Waals surface area contributed by atoms with E-state index in [2.05, 4.69) is 10.1 Å². The van der Waals surface area contributed by atoms with E-state index in [1.54, 1.807) is 4.90 Å². The van der Waals surface area contributed by atoms with Gasteiger partial charge in [0.05, 0.1) is 18.0 Å². The molecule has 0 radical (unpaired) electrons. The molecule has 0 amide bonds. The fourth-order valence-corrected chi connectivity index (χ4v) is 2.08. The van der Waals surface area contributed by atoms with E-state index in [0.29, 0.717) is 23.8 Å². The van der Waals surface area contributed by atoms with Crippen molar-refractivity contribution in [3.8, 4) is 11.4 Å². The predicted molar refractivity (Wildman–Crippen MR) is 79.6 cm³/mol. The largest absolute Gasteiger partial charge is 0.480 e. The van der Waals surface area contributed by atoms with Gasteiger partial charge in [0.2, 0.25) is 11.7 Å². The summed E-state index contributed by atoms with van der Waals surface area (Å²) in [4.78, 5) is 26.9. The molecule has 1 aromatic carbocycles.